The number of hydrogen-bond acceptors (Lipinski definition) is 2. The molecule has 1 unspecified atom stereocenters. The van der Waals surface area contributed by atoms with Crippen LogP contribution in [0.2, 0.25) is 0 Å². The zero-order valence-electron chi connectivity index (χ0n) is 12.5. The molecule has 1 fully saturated rings. The number of hydrogen-bond donors (Lipinski definition) is 0. The molecule has 1 aliphatic heterocycles. The van der Waals surface area contributed by atoms with Crippen LogP contribution in [-0.4, -0.2) is 54.1 Å². The van der Waals surface area contributed by atoms with E-state index in [0.717, 1.165) is 0 Å². The second kappa shape index (κ2) is 6.24. The molecule has 7 heteroatoms. The van der Waals surface area contributed by atoms with E-state index in [1.54, 1.807) is 13.8 Å². The Morgan fingerprint density at radius 3 is 2.55 bits per heavy atom. The van der Waals surface area contributed by atoms with Gasteiger partial charge in [0.15, 0.2) is 0 Å². The van der Waals surface area contributed by atoms with E-state index in [4.69, 9.17) is 0 Å². The highest BCUT2D eigenvalue weighted by Gasteiger charge is 2.36. The largest absolute Gasteiger partial charge is 0.401 e. The predicted molar refractivity (Wildman–Crippen MR) is 74.1 cm³/mol. The van der Waals surface area contributed by atoms with Crippen LogP contribution in [-0.2, 0) is 0 Å². The molecule has 0 spiro atoms. The van der Waals surface area contributed by atoms with Crippen molar-refractivity contribution in [2.24, 2.45) is 0 Å². The molecule has 0 N–H and O–H groups in total. The van der Waals surface area contributed by atoms with Crippen LogP contribution in [0.25, 0.3) is 0 Å². The highest BCUT2D eigenvalue weighted by molar-refractivity contribution is 5.94. The Hall–Kier alpha value is -1.63. The number of aryl methyl sites for hydroxylation is 1. The first-order chi connectivity index (χ1) is 10.2. The lowest BCUT2D eigenvalue weighted by Gasteiger charge is -2.40. The summed E-state index contributed by atoms with van der Waals surface area (Å²) < 4.78 is 50.6. The summed E-state index contributed by atoms with van der Waals surface area (Å²) in [5.41, 5.74) is 0.727. The zero-order valence-corrected chi connectivity index (χ0v) is 12.5. The normalized spacial score (nSPS) is 20.3. The Morgan fingerprint density at radius 2 is 2.00 bits per heavy atom. The van der Waals surface area contributed by atoms with Gasteiger partial charge in [0.05, 0.1) is 6.54 Å². The van der Waals surface area contributed by atoms with Crippen LogP contribution >= 0.6 is 0 Å². The molecule has 122 valence electrons. The fourth-order valence-electron chi connectivity index (χ4n) is 2.61. The third-order valence-corrected chi connectivity index (χ3v) is 3.84. The molecule has 1 aliphatic rings. The van der Waals surface area contributed by atoms with Crippen molar-refractivity contribution in [1.82, 2.24) is 9.80 Å². The van der Waals surface area contributed by atoms with Crippen molar-refractivity contribution in [2.45, 2.75) is 26.1 Å². The van der Waals surface area contributed by atoms with Crippen LogP contribution in [0.5, 0.6) is 0 Å². The second-order valence-corrected chi connectivity index (χ2v) is 5.65. The monoisotopic (exact) mass is 318 g/mol. The molecule has 22 heavy (non-hydrogen) atoms. The molecule has 0 radical (unpaired) electrons. The quantitative estimate of drug-likeness (QED) is 0.783. The smallest absolute Gasteiger partial charge is 0.336 e. The van der Waals surface area contributed by atoms with Gasteiger partial charge < -0.3 is 4.90 Å². The maximum absolute atomic E-state index is 13.2. The summed E-state index contributed by atoms with van der Waals surface area (Å²) in [6.07, 6.45) is -4.24. The number of carbonyl (C=O) groups excluding carboxylic acids is 1. The molecular weight excluding hydrogens is 300 g/mol. The van der Waals surface area contributed by atoms with E-state index in [9.17, 15) is 22.4 Å². The molecule has 1 aromatic carbocycles. The van der Waals surface area contributed by atoms with E-state index in [0.29, 0.717) is 11.1 Å². The van der Waals surface area contributed by atoms with E-state index >= 15 is 0 Å². The van der Waals surface area contributed by atoms with E-state index in [-0.39, 0.29) is 37.4 Å². The van der Waals surface area contributed by atoms with Crippen molar-refractivity contribution in [3.8, 4) is 0 Å². The number of rotatable bonds is 2. The molecule has 1 atom stereocenters. The number of piperazine rings is 1. The van der Waals surface area contributed by atoms with Crippen molar-refractivity contribution >= 4 is 5.91 Å². The average molecular weight is 318 g/mol. The number of carbonyl (C=O) groups is 1. The molecule has 3 nitrogen and oxygen atoms in total. The molecule has 0 aromatic heterocycles. The summed E-state index contributed by atoms with van der Waals surface area (Å²) in [6, 6.07) is 3.72. The van der Waals surface area contributed by atoms with Crippen molar-refractivity contribution in [1.29, 1.82) is 0 Å². The minimum absolute atomic E-state index is 0.173. The molecule has 0 bridgehead atoms. The predicted octanol–water partition coefficient (Wildman–Crippen LogP) is 2.84. The maximum Gasteiger partial charge on any atom is 0.401 e. The molecule has 2 rings (SSSR count). The Bertz CT molecular complexity index is 559. The van der Waals surface area contributed by atoms with Crippen LogP contribution in [0, 0.1) is 12.7 Å². The number of nitrogens with zero attached hydrogens (tertiary/aromatic N) is 2. The van der Waals surface area contributed by atoms with Gasteiger partial charge in [-0.1, -0.05) is 0 Å². The minimum Gasteiger partial charge on any atom is -0.336 e. The van der Waals surface area contributed by atoms with E-state index in [1.807, 2.05) is 0 Å². The second-order valence-electron chi connectivity index (χ2n) is 5.65. The van der Waals surface area contributed by atoms with Crippen molar-refractivity contribution in [3.05, 3.63) is 35.1 Å². The van der Waals surface area contributed by atoms with Crippen molar-refractivity contribution in [2.75, 3.05) is 26.2 Å². The lowest BCUT2D eigenvalue weighted by molar-refractivity contribution is -0.153. The average Bonchev–Trinajstić information content (AvgIpc) is 2.42. The zero-order chi connectivity index (χ0) is 16.5. The lowest BCUT2D eigenvalue weighted by atomic mass is 10.1. The van der Waals surface area contributed by atoms with Gasteiger partial charge in [0.2, 0.25) is 0 Å². The molecule has 1 saturated heterocycles. The summed E-state index contributed by atoms with van der Waals surface area (Å²) in [5, 5.41) is 0. The number of halogens is 4. The standard InChI is InChI=1S/C15H18F4N2O/c1-10-7-12(3-4-13(10)16)14(22)20-5-6-21(11(2)8-20)9-15(17,18)19/h3-4,7,11H,5-6,8-9H2,1-2H3. The maximum atomic E-state index is 13.2. The lowest BCUT2D eigenvalue weighted by Crippen LogP contribution is -2.55. The van der Waals surface area contributed by atoms with Gasteiger partial charge in [-0.05, 0) is 37.6 Å². The van der Waals surface area contributed by atoms with Gasteiger partial charge >= 0.3 is 6.18 Å². The van der Waals surface area contributed by atoms with Gasteiger partial charge in [-0.25, -0.2) is 4.39 Å². The van der Waals surface area contributed by atoms with Crippen molar-refractivity contribution in [3.63, 3.8) is 0 Å². The first kappa shape index (κ1) is 16.7. The van der Waals surface area contributed by atoms with Crippen LogP contribution in [0.1, 0.15) is 22.8 Å². The molecular formula is C15H18F4N2O. The Morgan fingerprint density at radius 1 is 1.32 bits per heavy atom. The summed E-state index contributed by atoms with van der Waals surface area (Å²) in [4.78, 5) is 15.2. The first-order valence-corrected chi connectivity index (χ1v) is 7.03. The number of alkyl halides is 3. The summed E-state index contributed by atoms with van der Waals surface area (Å²) >= 11 is 0. The molecule has 0 aliphatic carbocycles. The Labute approximate surface area is 126 Å². The molecule has 0 saturated carbocycles. The SMILES string of the molecule is Cc1cc(C(=O)N2CCN(CC(F)(F)F)C(C)C2)ccc1F. The van der Waals surface area contributed by atoms with Crippen LogP contribution in [0.3, 0.4) is 0 Å². The number of amides is 1. The van der Waals surface area contributed by atoms with Gasteiger partial charge in [-0.3, -0.25) is 9.69 Å². The molecule has 1 aromatic rings. The summed E-state index contributed by atoms with van der Waals surface area (Å²) in [6.45, 7) is 2.90. The number of benzene rings is 1. The van der Waals surface area contributed by atoms with Crippen LogP contribution in [0.4, 0.5) is 17.6 Å². The van der Waals surface area contributed by atoms with E-state index in [1.165, 1.54) is 28.0 Å². The van der Waals surface area contributed by atoms with Crippen LogP contribution in [0.15, 0.2) is 18.2 Å². The fraction of sp³-hybridized carbons (Fsp3) is 0.533. The van der Waals surface area contributed by atoms with Gasteiger partial charge in [-0.15, -0.1) is 0 Å². The topological polar surface area (TPSA) is 23.6 Å². The molecule has 1 amide bonds. The summed E-state index contributed by atoms with van der Waals surface area (Å²) in [5.74, 6) is -0.665. The third kappa shape index (κ3) is 3.97. The Balaban J connectivity index is 2.03. The first-order valence-electron chi connectivity index (χ1n) is 7.03. The fourth-order valence-corrected chi connectivity index (χ4v) is 2.61. The highest BCUT2D eigenvalue weighted by Crippen LogP contribution is 2.21. The Kier molecular flexibility index (Phi) is 4.75. The van der Waals surface area contributed by atoms with E-state index < -0.39 is 12.7 Å². The highest BCUT2D eigenvalue weighted by atomic mass is 19.4. The van der Waals surface area contributed by atoms with Crippen LogP contribution < -0.4 is 0 Å². The molecule has 1 heterocycles. The van der Waals surface area contributed by atoms with E-state index in [2.05, 4.69) is 0 Å². The van der Waals surface area contributed by atoms with Crippen molar-refractivity contribution < 1.29 is 22.4 Å². The minimum atomic E-state index is -4.24. The van der Waals surface area contributed by atoms with Gasteiger partial charge in [0, 0.05) is 31.2 Å². The van der Waals surface area contributed by atoms with Gasteiger partial charge in [-0.2, -0.15) is 13.2 Å². The third-order valence-electron chi connectivity index (χ3n) is 3.84. The van der Waals surface area contributed by atoms with Gasteiger partial charge in [0.25, 0.3) is 5.91 Å². The van der Waals surface area contributed by atoms with Gasteiger partial charge in [0.1, 0.15) is 5.82 Å². The summed E-state index contributed by atoms with van der Waals surface area (Å²) in [7, 11) is 0.